The molecule has 0 saturated heterocycles. The van der Waals surface area contributed by atoms with Crippen LogP contribution in [0.5, 0.6) is 5.88 Å². The van der Waals surface area contributed by atoms with Gasteiger partial charge < -0.3 is 9.72 Å². The fourth-order valence-corrected chi connectivity index (χ4v) is 3.58. The minimum atomic E-state index is -4.33. The Kier molecular flexibility index (Phi) is 4.46. The SMILES string of the molecule is [2H]C([2H])(c1cnc(NS(=O)(=O)c2c[nH]c3c(F)c(Cl)ccc23)nc1OC)C(F)F. The van der Waals surface area contributed by atoms with Crippen LogP contribution in [0.1, 0.15) is 8.30 Å². The predicted octanol–water partition coefficient (Wildman–Crippen LogP) is 3.37. The molecule has 0 spiro atoms. The van der Waals surface area contributed by atoms with Gasteiger partial charge in [-0.25, -0.2) is 31.3 Å². The zero-order valence-electron chi connectivity index (χ0n) is 15.4. The van der Waals surface area contributed by atoms with Gasteiger partial charge in [-0.1, -0.05) is 11.6 Å². The average Bonchev–Trinajstić information content (AvgIpc) is 3.09. The number of anilines is 1. The number of hydrogen-bond donors (Lipinski definition) is 2. The average molecular weight is 423 g/mol. The van der Waals surface area contributed by atoms with Crippen LogP contribution in [0, 0.1) is 5.82 Å². The topological polar surface area (TPSA) is 97.0 Å². The third-order valence-corrected chi connectivity index (χ3v) is 5.09. The van der Waals surface area contributed by atoms with Gasteiger partial charge in [0.1, 0.15) is 4.90 Å². The van der Waals surface area contributed by atoms with E-state index in [1.54, 1.807) is 0 Å². The minimum absolute atomic E-state index is 0.0111. The fraction of sp³-hybridized carbons (Fsp3) is 0.200. The predicted molar refractivity (Wildman–Crippen MR) is 92.4 cm³/mol. The Balaban J connectivity index is 2.01. The maximum absolute atomic E-state index is 14.0. The first-order valence-corrected chi connectivity index (χ1v) is 9.02. The molecule has 2 aromatic heterocycles. The Labute approximate surface area is 159 Å². The van der Waals surface area contributed by atoms with Crippen molar-refractivity contribution < 1.29 is 29.1 Å². The van der Waals surface area contributed by atoms with E-state index in [9.17, 15) is 21.6 Å². The highest BCUT2D eigenvalue weighted by Gasteiger charge is 2.23. The number of rotatable bonds is 6. The van der Waals surface area contributed by atoms with Gasteiger partial charge in [-0.2, -0.15) is 4.98 Å². The van der Waals surface area contributed by atoms with Crippen molar-refractivity contribution in [3.8, 4) is 5.88 Å². The number of nitrogens with zero attached hydrogens (tertiary/aromatic N) is 2. The molecule has 0 aliphatic rings. The summed E-state index contributed by atoms with van der Waals surface area (Å²) in [6.45, 7) is 0. The molecule has 1 aromatic carbocycles. The van der Waals surface area contributed by atoms with Gasteiger partial charge >= 0.3 is 0 Å². The summed E-state index contributed by atoms with van der Waals surface area (Å²) in [5, 5.41) is -0.190. The molecule has 27 heavy (non-hydrogen) atoms. The lowest BCUT2D eigenvalue weighted by atomic mass is 10.2. The normalized spacial score (nSPS) is 13.6. The summed E-state index contributed by atoms with van der Waals surface area (Å²) in [4.78, 5) is 9.37. The summed E-state index contributed by atoms with van der Waals surface area (Å²) in [6, 6.07) is 2.49. The lowest BCUT2D eigenvalue weighted by Gasteiger charge is -2.10. The van der Waals surface area contributed by atoms with Crippen LogP contribution in [0.3, 0.4) is 0 Å². The highest BCUT2D eigenvalue weighted by Crippen LogP contribution is 2.30. The van der Waals surface area contributed by atoms with Gasteiger partial charge in [0.2, 0.25) is 18.3 Å². The van der Waals surface area contributed by atoms with Crippen LogP contribution in [0.15, 0.2) is 29.4 Å². The van der Waals surface area contributed by atoms with Gasteiger partial charge in [-0.15, -0.1) is 0 Å². The minimum Gasteiger partial charge on any atom is -0.481 e. The fourth-order valence-electron chi connectivity index (χ4n) is 2.30. The molecule has 3 rings (SSSR count). The molecular weight excluding hydrogens is 409 g/mol. The van der Waals surface area contributed by atoms with Crippen LogP contribution < -0.4 is 9.46 Å². The zero-order valence-corrected chi connectivity index (χ0v) is 15.0. The van der Waals surface area contributed by atoms with E-state index < -0.39 is 46.0 Å². The van der Waals surface area contributed by atoms with Crippen molar-refractivity contribution in [2.24, 2.45) is 0 Å². The molecule has 0 fully saturated rings. The standard InChI is InChI=1S/C15H12ClF3N4O3S/c1-26-14-7(4-11(17)18)5-21-15(22-14)23-27(24,25)10-6-20-13-8(10)2-3-9(16)12(13)19/h2-3,5-6,11,20H,4H2,1H3,(H,21,22,23)/i4D2. The van der Waals surface area contributed by atoms with Gasteiger partial charge in [0, 0.05) is 32.5 Å². The Morgan fingerprint density at radius 1 is 1.44 bits per heavy atom. The quantitative estimate of drug-likeness (QED) is 0.634. The molecule has 2 heterocycles. The number of nitrogens with one attached hydrogen (secondary N) is 2. The number of halogens is 4. The van der Waals surface area contributed by atoms with Crippen LogP contribution in [0.4, 0.5) is 19.1 Å². The molecule has 2 N–H and O–H groups in total. The van der Waals surface area contributed by atoms with Gasteiger partial charge in [0.25, 0.3) is 10.0 Å². The summed E-state index contributed by atoms with van der Waals surface area (Å²) in [5.41, 5.74) is -0.779. The second-order valence-corrected chi connectivity index (χ2v) is 7.16. The van der Waals surface area contributed by atoms with Gasteiger partial charge in [-0.05, 0) is 12.1 Å². The second kappa shape index (κ2) is 7.24. The third-order valence-electron chi connectivity index (χ3n) is 3.43. The molecule has 3 aromatic rings. The summed E-state index contributed by atoms with van der Waals surface area (Å²) in [7, 11) is -3.28. The van der Waals surface area contributed by atoms with Gasteiger partial charge in [0.15, 0.2) is 5.82 Å². The maximum atomic E-state index is 14.0. The van der Waals surface area contributed by atoms with E-state index in [-0.39, 0.29) is 20.8 Å². The monoisotopic (exact) mass is 422 g/mol. The van der Waals surface area contributed by atoms with E-state index >= 15 is 0 Å². The highest BCUT2D eigenvalue weighted by molar-refractivity contribution is 7.93. The first-order chi connectivity index (χ1) is 13.5. The first-order valence-electron chi connectivity index (χ1n) is 8.16. The number of ether oxygens (including phenoxy) is 1. The second-order valence-electron chi connectivity index (χ2n) is 5.10. The van der Waals surface area contributed by atoms with E-state index in [1.807, 2.05) is 4.72 Å². The molecule has 144 valence electrons. The highest BCUT2D eigenvalue weighted by atomic mass is 35.5. The number of aromatic amines is 1. The molecule has 12 heteroatoms. The van der Waals surface area contributed by atoms with E-state index in [2.05, 4.69) is 15.0 Å². The largest absolute Gasteiger partial charge is 0.481 e. The van der Waals surface area contributed by atoms with E-state index in [0.717, 1.165) is 13.3 Å². The van der Waals surface area contributed by atoms with Crippen LogP contribution in [-0.4, -0.2) is 36.9 Å². The van der Waals surface area contributed by atoms with Crippen molar-refractivity contribution in [1.29, 1.82) is 0 Å². The van der Waals surface area contributed by atoms with E-state index in [0.29, 0.717) is 6.20 Å². The molecule has 0 bridgehead atoms. The number of H-pyrrole nitrogens is 1. The van der Waals surface area contributed by atoms with Crippen LogP contribution in [-0.2, 0) is 16.4 Å². The van der Waals surface area contributed by atoms with E-state index in [4.69, 9.17) is 19.1 Å². The number of alkyl halides is 2. The number of aromatic nitrogens is 3. The van der Waals surface area contributed by atoms with Crippen molar-refractivity contribution in [3.63, 3.8) is 0 Å². The molecule has 0 aliphatic carbocycles. The van der Waals surface area contributed by atoms with Gasteiger partial charge in [-0.3, -0.25) is 0 Å². The number of hydrogen-bond acceptors (Lipinski definition) is 5. The summed E-state index contributed by atoms with van der Waals surface area (Å²) in [5.74, 6) is -1.96. The molecule has 0 saturated carbocycles. The maximum Gasteiger partial charge on any atom is 0.266 e. The van der Waals surface area contributed by atoms with Crippen molar-refractivity contribution in [1.82, 2.24) is 15.0 Å². The van der Waals surface area contributed by atoms with Crippen LogP contribution >= 0.6 is 11.6 Å². The van der Waals surface area contributed by atoms with Crippen LogP contribution in [0.25, 0.3) is 10.9 Å². The van der Waals surface area contributed by atoms with Crippen molar-refractivity contribution in [2.75, 3.05) is 11.8 Å². The molecule has 0 unspecified atom stereocenters. The molecule has 0 atom stereocenters. The Morgan fingerprint density at radius 3 is 2.85 bits per heavy atom. The van der Waals surface area contributed by atoms with Crippen LogP contribution in [0.2, 0.25) is 5.02 Å². The van der Waals surface area contributed by atoms with E-state index in [1.165, 1.54) is 12.1 Å². The third kappa shape index (κ3) is 3.78. The summed E-state index contributed by atoms with van der Waals surface area (Å²) in [6.07, 6.45) is -4.77. The molecular formula is C15H12ClF3N4O3S. The number of methoxy groups -OCH3 is 1. The zero-order chi connectivity index (χ0) is 21.6. The number of sulfonamides is 1. The van der Waals surface area contributed by atoms with Crippen molar-refractivity contribution >= 4 is 38.5 Å². The van der Waals surface area contributed by atoms with Gasteiger partial charge in [0.05, 0.1) is 17.6 Å². The lowest BCUT2D eigenvalue weighted by Crippen LogP contribution is -2.15. The summed E-state index contributed by atoms with van der Waals surface area (Å²) >= 11 is 5.67. The first kappa shape index (κ1) is 16.6. The van der Waals surface area contributed by atoms with Crippen molar-refractivity contribution in [3.05, 3.63) is 40.9 Å². The molecule has 0 aliphatic heterocycles. The molecule has 0 radical (unpaired) electrons. The Bertz CT molecular complexity index is 1190. The van der Waals surface area contributed by atoms with Crippen molar-refractivity contribution in [2.45, 2.75) is 17.7 Å². The lowest BCUT2D eigenvalue weighted by molar-refractivity contribution is 0.147. The smallest absolute Gasteiger partial charge is 0.266 e. The number of fused-ring (bicyclic) bond motifs is 1. The Hall–Kier alpha value is -2.53. The summed E-state index contributed by atoms with van der Waals surface area (Å²) < 4.78 is 86.9. The number of benzene rings is 1. The molecule has 0 amide bonds. The molecule has 7 nitrogen and oxygen atoms in total. The Morgan fingerprint density at radius 2 is 2.19 bits per heavy atom.